The van der Waals surface area contributed by atoms with Gasteiger partial charge < -0.3 is 9.30 Å². The highest BCUT2D eigenvalue weighted by atomic mass is 35.5. The van der Waals surface area contributed by atoms with Crippen LogP contribution in [0.1, 0.15) is 37.5 Å². The molecule has 0 amide bonds. The van der Waals surface area contributed by atoms with Crippen LogP contribution in [0.3, 0.4) is 0 Å². The molecule has 21 heavy (non-hydrogen) atoms. The topological polar surface area (TPSA) is 39.9 Å². The van der Waals surface area contributed by atoms with E-state index in [0.29, 0.717) is 22.9 Å². The molecule has 2 heterocycles. The van der Waals surface area contributed by atoms with Gasteiger partial charge in [0, 0.05) is 12.1 Å². The maximum atomic E-state index is 12.7. The highest BCUT2D eigenvalue weighted by molar-refractivity contribution is 6.20. The van der Waals surface area contributed by atoms with Crippen LogP contribution in [-0.4, -0.2) is 27.8 Å². The highest BCUT2D eigenvalue weighted by Crippen LogP contribution is 2.33. The smallest absolute Gasteiger partial charge is 0.391 e. The minimum absolute atomic E-state index is 0.316. The van der Waals surface area contributed by atoms with E-state index in [9.17, 15) is 13.2 Å². The maximum Gasteiger partial charge on any atom is 0.391 e. The quantitative estimate of drug-likeness (QED) is 0.790. The predicted molar refractivity (Wildman–Crippen MR) is 73.7 cm³/mol. The van der Waals surface area contributed by atoms with Gasteiger partial charge in [0.25, 0.3) is 0 Å². The largest absolute Gasteiger partial charge is 0.481 e. The van der Waals surface area contributed by atoms with E-state index in [2.05, 4.69) is 9.97 Å². The average Bonchev–Trinajstić information content (AvgIpc) is 2.74. The van der Waals surface area contributed by atoms with E-state index in [0.717, 1.165) is 0 Å². The molecule has 0 aliphatic carbocycles. The van der Waals surface area contributed by atoms with Crippen LogP contribution < -0.4 is 4.74 Å². The van der Waals surface area contributed by atoms with Gasteiger partial charge in [-0.3, -0.25) is 0 Å². The van der Waals surface area contributed by atoms with E-state index in [1.54, 1.807) is 19.1 Å². The minimum atomic E-state index is -4.28. The van der Waals surface area contributed by atoms with Crippen molar-refractivity contribution in [2.75, 3.05) is 7.11 Å². The highest BCUT2D eigenvalue weighted by Gasteiger charge is 2.33. The fourth-order valence-corrected chi connectivity index (χ4v) is 2.38. The number of pyridine rings is 1. The van der Waals surface area contributed by atoms with Crippen molar-refractivity contribution in [1.82, 2.24) is 14.5 Å². The molecule has 0 saturated heterocycles. The van der Waals surface area contributed by atoms with Crippen LogP contribution in [-0.2, 0) is 0 Å². The molecule has 0 bridgehead atoms. The molecular formula is C13H15ClF3N3O. The summed E-state index contributed by atoms with van der Waals surface area (Å²) >= 11 is 6.05. The van der Waals surface area contributed by atoms with E-state index in [1.165, 1.54) is 18.6 Å². The Kier molecular flexibility index (Phi) is 4.32. The van der Waals surface area contributed by atoms with Gasteiger partial charge in [0.2, 0.25) is 5.88 Å². The van der Waals surface area contributed by atoms with Gasteiger partial charge in [-0.2, -0.15) is 18.2 Å². The molecule has 2 aromatic heterocycles. The molecule has 0 aliphatic heterocycles. The van der Waals surface area contributed by atoms with Gasteiger partial charge in [-0.05, 0) is 19.9 Å². The summed E-state index contributed by atoms with van der Waals surface area (Å²) in [5.41, 5.74) is 0.834. The monoisotopic (exact) mass is 321 g/mol. The Labute approximate surface area is 124 Å². The molecule has 0 radical (unpaired) electrons. The van der Waals surface area contributed by atoms with E-state index in [1.807, 2.05) is 0 Å². The Morgan fingerprint density at radius 2 is 1.95 bits per heavy atom. The summed E-state index contributed by atoms with van der Waals surface area (Å²) in [6.45, 7) is 3.13. The van der Waals surface area contributed by atoms with Crippen LogP contribution in [0.15, 0.2) is 12.1 Å². The zero-order chi connectivity index (χ0) is 15.8. The van der Waals surface area contributed by atoms with Crippen molar-refractivity contribution >= 4 is 22.8 Å². The number of halogens is 4. The molecule has 2 atom stereocenters. The molecule has 0 saturated carbocycles. The zero-order valence-electron chi connectivity index (χ0n) is 11.8. The van der Waals surface area contributed by atoms with Gasteiger partial charge >= 0.3 is 6.18 Å². The van der Waals surface area contributed by atoms with Crippen molar-refractivity contribution < 1.29 is 17.9 Å². The lowest BCUT2D eigenvalue weighted by Crippen LogP contribution is -2.18. The fraction of sp³-hybridized carbons (Fsp3) is 0.538. The standard InChI is InChI=1S/C13H15ClF3N3O/c1-7(6-13(15,16)17)20-11(8(2)14)18-9-4-5-10(21-3)19-12(9)20/h4-5,7-8H,6H2,1-3H3. The number of fused-ring (bicyclic) bond motifs is 1. The van der Waals surface area contributed by atoms with Gasteiger partial charge in [0.05, 0.1) is 18.9 Å². The van der Waals surface area contributed by atoms with Crippen LogP contribution in [0.2, 0.25) is 0 Å². The molecule has 2 aromatic rings. The van der Waals surface area contributed by atoms with Crippen LogP contribution in [0, 0.1) is 0 Å². The summed E-state index contributed by atoms with van der Waals surface area (Å²) in [6, 6.07) is 2.41. The first-order valence-corrected chi connectivity index (χ1v) is 6.80. The summed E-state index contributed by atoms with van der Waals surface area (Å²) in [6.07, 6.45) is -5.25. The molecule has 0 N–H and O–H groups in total. The Balaban J connectivity index is 2.59. The molecule has 0 aromatic carbocycles. The van der Waals surface area contributed by atoms with Gasteiger partial charge in [0.15, 0.2) is 5.65 Å². The molecule has 0 aliphatic rings. The minimum Gasteiger partial charge on any atom is -0.481 e. The molecule has 0 fully saturated rings. The maximum absolute atomic E-state index is 12.7. The third-order valence-corrected chi connectivity index (χ3v) is 3.27. The van der Waals surface area contributed by atoms with Gasteiger partial charge in [-0.15, -0.1) is 11.6 Å². The van der Waals surface area contributed by atoms with Crippen LogP contribution in [0.25, 0.3) is 11.2 Å². The fourth-order valence-electron chi connectivity index (χ4n) is 2.23. The summed E-state index contributed by atoms with van der Waals surface area (Å²) in [5.74, 6) is 0.681. The number of ether oxygens (including phenoxy) is 1. The molecule has 4 nitrogen and oxygen atoms in total. The summed E-state index contributed by atoms with van der Waals surface area (Å²) in [7, 11) is 1.44. The predicted octanol–water partition coefficient (Wildman–Crippen LogP) is 4.25. The third kappa shape index (κ3) is 3.40. The van der Waals surface area contributed by atoms with Crippen LogP contribution in [0.5, 0.6) is 5.88 Å². The first-order chi connectivity index (χ1) is 9.73. The lowest BCUT2D eigenvalue weighted by molar-refractivity contribution is -0.141. The molecule has 8 heteroatoms. The zero-order valence-corrected chi connectivity index (χ0v) is 12.5. The second kappa shape index (κ2) is 5.71. The van der Waals surface area contributed by atoms with Gasteiger partial charge in [-0.25, -0.2) is 4.98 Å². The molecular weight excluding hydrogens is 307 g/mol. The first-order valence-electron chi connectivity index (χ1n) is 6.36. The number of hydrogen-bond acceptors (Lipinski definition) is 3. The lowest BCUT2D eigenvalue weighted by Gasteiger charge is -2.19. The second-order valence-electron chi connectivity index (χ2n) is 4.82. The number of aromatic nitrogens is 3. The number of hydrogen-bond donors (Lipinski definition) is 0. The van der Waals surface area contributed by atoms with Crippen LogP contribution >= 0.6 is 11.6 Å². The van der Waals surface area contributed by atoms with E-state index >= 15 is 0 Å². The van der Waals surface area contributed by atoms with Crippen molar-refractivity contribution in [3.05, 3.63) is 18.0 Å². The Morgan fingerprint density at radius 1 is 1.29 bits per heavy atom. The SMILES string of the molecule is COc1ccc2nc(C(C)Cl)n(C(C)CC(F)(F)F)c2n1. The normalized spacial score (nSPS) is 15.2. The Bertz CT molecular complexity index is 639. The molecule has 2 rings (SSSR count). The second-order valence-corrected chi connectivity index (χ2v) is 5.48. The van der Waals surface area contributed by atoms with Crippen molar-refractivity contribution in [2.24, 2.45) is 0 Å². The van der Waals surface area contributed by atoms with E-state index in [4.69, 9.17) is 16.3 Å². The molecule has 0 spiro atoms. The number of rotatable bonds is 4. The first kappa shape index (κ1) is 15.9. The molecule has 2 unspecified atom stereocenters. The third-order valence-electron chi connectivity index (χ3n) is 3.07. The van der Waals surface area contributed by atoms with Gasteiger partial charge in [0.1, 0.15) is 11.3 Å². The number of imidazole rings is 1. The summed E-state index contributed by atoms with van der Waals surface area (Å²) < 4.78 is 44.4. The van der Waals surface area contributed by atoms with Gasteiger partial charge in [-0.1, -0.05) is 0 Å². The van der Waals surface area contributed by atoms with Crippen molar-refractivity contribution in [2.45, 2.75) is 37.9 Å². The van der Waals surface area contributed by atoms with Crippen molar-refractivity contribution in [3.8, 4) is 5.88 Å². The van der Waals surface area contributed by atoms with E-state index < -0.39 is 24.0 Å². The van der Waals surface area contributed by atoms with Crippen LogP contribution in [0.4, 0.5) is 13.2 Å². The Morgan fingerprint density at radius 3 is 2.48 bits per heavy atom. The molecule has 116 valence electrons. The number of methoxy groups -OCH3 is 1. The van der Waals surface area contributed by atoms with Crippen molar-refractivity contribution in [3.63, 3.8) is 0 Å². The lowest BCUT2D eigenvalue weighted by atomic mass is 10.2. The summed E-state index contributed by atoms with van der Waals surface area (Å²) in [4.78, 5) is 8.48. The van der Waals surface area contributed by atoms with Crippen molar-refractivity contribution in [1.29, 1.82) is 0 Å². The number of nitrogens with zero attached hydrogens (tertiary/aromatic N) is 3. The average molecular weight is 322 g/mol. The summed E-state index contributed by atoms with van der Waals surface area (Å²) in [5, 5.41) is -0.527. The number of alkyl halides is 4. The van der Waals surface area contributed by atoms with E-state index in [-0.39, 0.29) is 0 Å². The Hall–Kier alpha value is -1.50.